The third kappa shape index (κ3) is 3.79. The van der Waals surface area contributed by atoms with Gasteiger partial charge < -0.3 is 17.9 Å². The molecule has 10 aliphatic rings. The standard InChI is InChI=1S/C58H47BN2O2/c1-3-10-48-38(6-1)43-23-47-51-50(55(43)62-48)44-22-37(58-27-33-17-34(28-58)19-35(18-33)29-58)21-42-41-20-36(57-24-30-14-31(25-57)16-32(15-30)26-57)12-13-46(41)61(52(42)44)59(51)45-9-5-8-40-53(45)60(47)54-39-7-2-4-11-49(39)63-56(40)54/h1-13,20-23,30-35H,14-19,24-29H2. The molecule has 8 bridgehead atoms. The minimum Gasteiger partial charge on any atom is -0.455 e. The first kappa shape index (κ1) is 32.9. The molecule has 2 aliphatic heterocycles. The van der Waals surface area contributed by atoms with Crippen molar-refractivity contribution in [3.63, 3.8) is 0 Å². The maximum Gasteiger partial charge on any atom is 0.333 e. The number of furan rings is 2. The molecule has 8 aliphatic carbocycles. The fourth-order valence-electron chi connectivity index (χ4n) is 18.2. The van der Waals surface area contributed by atoms with E-state index in [1.54, 1.807) is 11.1 Å². The molecule has 4 nitrogen and oxygen atoms in total. The van der Waals surface area contributed by atoms with Gasteiger partial charge >= 0.3 is 6.85 Å². The van der Waals surface area contributed by atoms with Crippen LogP contribution in [0.5, 0.6) is 0 Å². The van der Waals surface area contributed by atoms with Crippen LogP contribution in [0.25, 0.3) is 93.5 Å². The molecule has 0 spiro atoms. The predicted octanol–water partition coefficient (Wildman–Crippen LogP) is 13.4. The molecule has 0 atom stereocenters. The highest BCUT2D eigenvalue weighted by Gasteiger charge is 2.54. The van der Waals surface area contributed by atoms with Crippen molar-refractivity contribution in [2.75, 3.05) is 0 Å². The van der Waals surface area contributed by atoms with Crippen LogP contribution in [0.4, 0.5) is 0 Å². The Bertz CT molecular complexity index is 3720. The van der Waals surface area contributed by atoms with E-state index in [9.17, 15) is 0 Å². The van der Waals surface area contributed by atoms with E-state index in [2.05, 4.69) is 112 Å². The first-order chi connectivity index (χ1) is 31.0. The SMILES string of the molecule is c1ccc2c(c1)oc1c3c4c(cc12)-n1c2c(cccc2c2oc5ccccc5c21)B4n1c2ccc(C45CC6CC(CC(C6)C4)C5)cc2c2cc(C45CC6CC(CC(C6)C4)C5)cc-3c21. The summed E-state index contributed by atoms with van der Waals surface area (Å²) in [5.74, 6) is 5.38. The lowest BCUT2D eigenvalue weighted by molar-refractivity contribution is -0.00527. The summed E-state index contributed by atoms with van der Waals surface area (Å²) in [6.45, 7) is -0.0163. The first-order valence-electron chi connectivity index (χ1n) is 24.6. The second-order valence-electron chi connectivity index (χ2n) is 22.8. The number of para-hydroxylation sites is 3. The van der Waals surface area contributed by atoms with E-state index in [1.165, 1.54) is 159 Å². The summed E-state index contributed by atoms with van der Waals surface area (Å²) in [6.07, 6.45) is 17.0. The van der Waals surface area contributed by atoms with Gasteiger partial charge in [0, 0.05) is 60.2 Å². The molecule has 6 heterocycles. The molecule has 0 N–H and O–H groups in total. The smallest absolute Gasteiger partial charge is 0.333 e. The summed E-state index contributed by atoms with van der Waals surface area (Å²) in [7, 11) is 0. The Kier molecular flexibility index (Phi) is 5.56. The van der Waals surface area contributed by atoms with Crippen molar-refractivity contribution >= 4 is 94.5 Å². The van der Waals surface area contributed by atoms with Crippen LogP contribution >= 0.6 is 0 Å². The molecule has 8 fully saturated rings. The Balaban J connectivity index is 1.02. The molecule has 10 aromatic rings. The average Bonchev–Trinajstić information content (AvgIpc) is 4.03. The molecule has 8 saturated carbocycles. The third-order valence-electron chi connectivity index (χ3n) is 19.6. The van der Waals surface area contributed by atoms with Gasteiger partial charge in [0.2, 0.25) is 0 Å². The van der Waals surface area contributed by atoms with Crippen LogP contribution in [0.3, 0.4) is 0 Å². The summed E-state index contributed by atoms with van der Waals surface area (Å²) in [5, 5.41) is 7.73. The molecular weight excluding hydrogens is 767 g/mol. The second-order valence-corrected chi connectivity index (χ2v) is 22.8. The summed E-state index contributed by atoms with van der Waals surface area (Å²) in [4.78, 5) is 0. The Hall–Kier alpha value is -5.68. The van der Waals surface area contributed by atoms with Crippen LogP contribution in [-0.4, -0.2) is 15.9 Å². The van der Waals surface area contributed by atoms with E-state index in [0.717, 1.165) is 57.8 Å². The first-order valence-corrected chi connectivity index (χ1v) is 24.6. The fraction of sp³-hybridized carbons (Fsp3) is 0.345. The molecule has 20 rings (SSSR count). The molecule has 5 heteroatoms. The zero-order chi connectivity index (χ0) is 40.2. The Morgan fingerprint density at radius 2 is 1.08 bits per heavy atom. The van der Waals surface area contributed by atoms with Gasteiger partial charge in [0.15, 0.2) is 5.58 Å². The van der Waals surface area contributed by atoms with Crippen LogP contribution in [-0.2, 0) is 10.8 Å². The highest BCUT2D eigenvalue weighted by molar-refractivity contribution is 6.90. The van der Waals surface area contributed by atoms with Gasteiger partial charge in [-0.1, -0.05) is 48.5 Å². The monoisotopic (exact) mass is 814 g/mol. The Labute approximate surface area is 365 Å². The fourth-order valence-corrected chi connectivity index (χ4v) is 18.2. The van der Waals surface area contributed by atoms with E-state index in [1.807, 2.05) is 0 Å². The van der Waals surface area contributed by atoms with Crippen molar-refractivity contribution in [2.45, 2.75) is 87.9 Å². The number of benzene rings is 6. The number of nitrogens with zero attached hydrogens (tertiary/aromatic N) is 2. The van der Waals surface area contributed by atoms with Crippen LogP contribution in [0.2, 0.25) is 0 Å². The highest BCUT2D eigenvalue weighted by Crippen LogP contribution is 2.63. The van der Waals surface area contributed by atoms with Gasteiger partial charge in [0.1, 0.15) is 22.3 Å². The van der Waals surface area contributed by atoms with Crippen LogP contribution < -0.4 is 10.9 Å². The van der Waals surface area contributed by atoms with Crippen LogP contribution in [0.1, 0.15) is 88.2 Å². The lowest BCUT2D eigenvalue weighted by Crippen LogP contribution is -2.55. The minimum atomic E-state index is -0.0163. The lowest BCUT2D eigenvalue weighted by atomic mass is 9.45. The Morgan fingerprint density at radius 1 is 0.476 bits per heavy atom. The number of rotatable bonds is 2. The highest BCUT2D eigenvalue weighted by atomic mass is 16.3. The maximum atomic E-state index is 7.24. The Morgan fingerprint density at radius 3 is 1.79 bits per heavy atom. The van der Waals surface area contributed by atoms with E-state index >= 15 is 0 Å². The summed E-state index contributed by atoms with van der Waals surface area (Å²) in [5.41, 5.74) is 19.8. The van der Waals surface area contributed by atoms with Gasteiger partial charge in [-0.2, -0.15) is 0 Å². The number of fused-ring (bicyclic) bond motifs is 16. The van der Waals surface area contributed by atoms with Gasteiger partial charge in [-0.25, -0.2) is 0 Å². The van der Waals surface area contributed by atoms with Gasteiger partial charge in [-0.05, 0) is 200 Å². The minimum absolute atomic E-state index is 0.0163. The topological polar surface area (TPSA) is 36.1 Å². The van der Waals surface area contributed by atoms with Crippen molar-refractivity contribution in [1.29, 1.82) is 0 Å². The van der Waals surface area contributed by atoms with E-state index in [-0.39, 0.29) is 12.3 Å². The van der Waals surface area contributed by atoms with Crippen molar-refractivity contribution in [3.8, 4) is 16.8 Å². The van der Waals surface area contributed by atoms with Crippen molar-refractivity contribution < 1.29 is 8.83 Å². The third-order valence-corrected chi connectivity index (χ3v) is 19.6. The lowest BCUT2D eigenvalue weighted by Gasteiger charge is -2.57. The normalized spacial score (nSPS) is 30.5. The predicted molar refractivity (Wildman–Crippen MR) is 256 cm³/mol. The zero-order valence-electron chi connectivity index (χ0n) is 35.6. The van der Waals surface area contributed by atoms with Gasteiger partial charge in [0.05, 0.1) is 5.52 Å². The van der Waals surface area contributed by atoms with E-state index in [0.29, 0.717) is 5.41 Å². The summed E-state index contributed by atoms with van der Waals surface area (Å²) < 4.78 is 19.5. The van der Waals surface area contributed by atoms with Gasteiger partial charge in [0.25, 0.3) is 0 Å². The summed E-state index contributed by atoms with van der Waals surface area (Å²) in [6, 6.07) is 40.4. The molecule has 0 saturated heterocycles. The molecule has 0 unspecified atom stereocenters. The second kappa shape index (κ2) is 10.6. The van der Waals surface area contributed by atoms with E-state index < -0.39 is 0 Å². The molecule has 63 heavy (non-hydrogen) atoms. The molecule has 6 aromatic carbocycles. The molecule has 0 amide bonds. The van der Waals surface area contributed by atoms with Gasteiger partial charge in [-0.15, -0.1) is 0 Å². The summed E-state index contributed by atoms with van der Waals surface area (Å²) >= 11 is 0. The molecule has 0 radical (unpaired) electrons. The van der Waals surface area contributed by atoms with Gasteiger partial charge in [-0.3, -0.25) is 0 Å². The van der Waals surface area contributed by atoms with Crippen molar-refractivity contribution in [2.24, 2.45) is 35.5 Å². The maximum absolute atomic E-state index is 7.24. The number of hydrogen-bond donors (Lipinski definition) is 0. The molecular formula is C58H47BN2O2. The molecule has 4 aromatic heterocycles. The van der Waals surface area contributed by atoms with E-state index in [4.69, 9.17) is 8.83 Å². The zero-order valence-corrected chi connectivity index (χ0v) is 35.6. The van der Waals surface area contributed by atoms with Crippen LogP contribution in [0, 0.1) is 35.5 Å². The number of aromatic nitrogens is 2. The largest absolute Gasteiger partial charge is 0.455 e. The van der Waals surface area contributed by atoms with Crippen molar-refractivity contribution in [3.05, 3.63) is 114 Å². The average molecular weight is 815 g/mol. The van der Waals surface area contributed by atoms with Crippen molar-refractivity contribution in [1.82, 2.24) is 9.05 Å². The molecule has 304 valence electrons. The number of hydrogen-bond acceptors (Lipinski definition) is 2. The quantitative estimate of drug-likeness (QED) is 0.163. The van der Waals surface area contributed by atoms with Crippen LogP contribution in [0.15, 0.2) is 112 Å².